The molecule has 0 aromatic carbocycles. The van der Waals surface area contributed by atoms with Crippen LogP contribution in [0, 0.1) is 13.8 Å². The van der Waals surface area contributed by atoms with Crippen LogP contribution in [0.5, 0.6) is 0 Å². The van der Waals surface area contributed by atoms with Gasteiger partial charge in [0.25, 0.3) is 0 Å². The van der Waals surface area contributed by atoms with Crippen LogP contribution in [0.2, 0.25) is 0 Å². The standard InChI is InChI=1S/C11H18N4OS/c1-7-8(2)17-11(13-7)15-10(16)14-9-4-3-5-12-6-9/h9,12H,3-6H2,1-2H3,(H2,13,14,15,16)/t9-/m1/s1. The number of urea groups is 1. The number of carbonyl (C=O) groups is 1. The highest BCUT2D eigenvalue weighted by Gasteiger charge is 2.16. The number of nitrogens with zero attached hydrogens (tertiary/aromatic N) is 1. The van der Waals surface area contributed by atoms with Crippen molar-refractivity contribution in [3.8, 4) is 0 Å². The summed E-state index contributed by atoms with van der Waals surface area (Å²) in [5.74, 6) is 0. The van der Waals surface area contributed by atoms with Crippen LogP contribution in [0.15, 0.2) is 0 Å². The molecule has 3 N–H and O–H groups in total. The number of amides is 2. The number of aromatic nitrogens is 1. The van der Waals surface area contributed by atoms with E-state index in [1.54, 1.807) is 0 Å². The fourth-order valence-corrected chi connectivity index (χ4v) is 2.63. The van der Waals surface area contributed by atoms with Crippen LogP contribution < -0.4 is 16.0 Å². The zero-order valence-corrected chi connectivity index (χ0v) is 11.0. The highest BCUT2D eigenvalue weighted by atomic mass is 32.1. The molecule has 2 heterocycles. The number of thiazole rings is 1. The average Bonchev–Trinajstić information content (AvgIpc) is 2.59. The lowest BCUT2D eigenvalue weighted by Crippen LogP contribution is -2.47. The second-order valence-electron chi connectivity index (χ2n) is 4.30. The molecule has 17 heavy (non-hydrogen) atoms. The van der Waals surface area contributed by atoms with Crippen molar-refractivity contribution in [3.63, 3.8) is 0 Å². The van der Waals surface area contributed by atoms with Crippen LogP contribution >= 0.6 is 11.3 Å². The van der Waals surface area contributed by atoms with Crippen LogP contribution in [0.1, 0.15) is 23.4 Å². The summed E-state index contributed by atoms with van der Waals surface area (Å²) in [6, 6.07) is 0.0679. The van der Waals surface area contributed by atoms with Gasteiger partial charge in [0.15, 0.2) is 5.13 Å². The number of carbonyl (C=O) groups excluding carboxylic acids is 1. The lowest BCUT2D eigenvalue weighted by molar-refractivity contribution is 0.245. The summed E-state index contributed by atoms with van der Waals surface area (Å²) in [6.07, 6.45) is 2.15. The number of nitrogens with one attached hydrogen (secondary N) is 3. The van der Waals surface area contributed by atoms with E-state index < -0.39 is 0 Å². The van der Waals surface area contributed by atoms with Gasteiger partial charge in [-0.15, -0.1) is 11.3 Å². The Kier molecular flexibility index (Phi) is 3.96. The maximum Gasteiger partial charge on any atom is 0.321 e. The second-order valence-corrected chi connectivity index (χ2v) is 5.51. The maximum atomic E-state index is 11.7. The minimum absolute atomic E-state index is 0.160. The van der Waals surface area contributed by atoms with Crippen LogP contribution in [-0.2, 0) is 0 Å². The third-order valence-electron chi connectivity index (χ3n) is 2.88. The molecule has 1 aromatic heterocycles. The molecule has 6 heteroatoms. The Labute approximate surface area is 105 Å². The number of rotatable bonds is 2. The molecule has 5 nitrogen and oxygen atoms in total. The van der Waals surface area contributed by atoms with Gasteiger partial charge in [-0.2, -0.15) is 0 Å². The molecule has 0 unspecified atom stereocenters. The minimum Gasteiger partial charge on any atom is -0.334 e. The van der Waals surface area contributed by atoms with Crippen molar-refractivity contribution in [3.05, 3.63) is 10.6 Å². The van der Waals surface area contributed by atoms with Crippen LogP contribution in [0.4, 0.5) is 9.93 Å². The summed E-state index contributed by atoms with van der Waals surface area (Å²) in [4.78, 5) is 17.1. The largest absolute Gasteiger partial charge is 0.334 e. The van der Waals surface area contributed by atoms with E-state index in [0.29, 0.717) is 5.13 Å². The normalized spacial score (nSPS) is 20.0. The maximum absolute atomic E-state index is 11.7. The first kappa shape index (κ1) is 12.3. The Morgan fingerprint density at radius 3 is 2.94 bits per heavy atom. The number of anilines is 1. The summed E-state index contributed by atoms with van der Waals surface area (Å²) in [6.45, 7) is 5.84. The van der Waals surface area contributed by atoms with Crippen molar-refractivity contribution in [2.75, 3.05) is 18.4 Å². The molecule has 0 radical (unpaired) electrons. The third-order valence-corrected chi connectivity index (χ3v) is 3.87. The van der Waals surface area contributed by atoms with Gasteiger partial charge in [-0.1, -0.05) is 0 Å². The number of piperidine rings is 1. The molecule has 1 fully saturated rings. The van der Waals surface area contributed by atoms with Gasteiger partial charge in [0.1, 0.15) is 0 Å². The summed E-state index contributed by atoms with van der Waals surface area (Å²) in [7, 11) is 0. The number of hydrogen-bond acceptors (Lipinski definition) is 4. The van der Waals surface area contributed by atoms with E-state index in [4.69, 9.17) is 0 Å². The van der Waals surface area contributed by atoms with Crippen molar-refractivity contribution >= 4 is 22.5 Å². The third kappa shape index (κ3) is 3.41. The van der Waals surface area contributed by atoms with E-state index in [1.165, 1.54) is 11.3 Å². The Bertz CT molecular complexity index is 379. The van der Waals surface area contributed by atoms with E-state index in [-0.39, 0.29) is 12.1 Å². The van der Waals surface area contributed by atoms with Crippen molar-refractivity contribution < 1.29 is 4.79 Å². The first-order chi connectivity index (χ1) is 8.15. The Morgan fingerprint density at radius 2 is 2.35 bits per heavy atom. The summed E-state index contributed by atoms with van der Waals surface area (Å²) < 4.78 is 0. The molecule has 0 spiro atoms. The van der Waals surface area contributed by atoms with E-state index in [0.717, 1.165) is 36.5 Å². The Morgan fingerprint density at radius 1 is 1.53 bits per heavy atom. The Hall–Kier alpha value is -1.14. The summed E-state index contributed by atoms with van der Waals surface area (Å²) in [5.41, 5.74) is 0.977. The molecule has 1 saturated heterocycles. The molecule has 2 amide bonds. The van der Waals surface area contributed by atoms with Gasteiger partial charge in [-0.25, -0.2) is 9.78 Å². The van der Waals surface area contributed by atoms with Gasteiger partial charge in [0.05, 0.1) is 5.69 Å². The molecular formula is C11H18N4OS. The lowest BCUT2D eigenvalue weighted by atomic mass is 10.1. The first-order valence-electron chi connectivity index (χ1n) is 5.87. The zero-order chi connectivity index (χ0) is 12.3. The van der Waals surface area contributed by atoms with Crippen LogP contribution in [-0.4, -0.2) is 30.1 Å². The van der Waals surface area contributed by atoms with Crippen molar-refractivity contribution in [2.45, 2.75) is 32.7 Å². The lowest BCUT2D eigenvalue weighted by Gasteiger charge is -2.23. The predicted molar refractivity (Wildman–Crippen MR) is 69.6 cm³/mol. The molecule has 0 bridgehead atoms. The van der Waals surface area contributed by atoms with Crippen molar-refractivity contribution in [1.29, 1.82) is 0 Å². The van der Waals surface area contributed by atoms with Crippen LogP contribution in [0.3, 0.4) is 0 Å². The molecule has 0 aliphatic carbocycles. The highest BCUT2D eigenvalue weighted by molar-refractivity contribution is 7.15. The Balaban J connectivity index is 1.84. The zero-order valence-electron chi connectivity index (χ0n) is 10.2. The SMILES string of the molecule is Cc1nc(NC(=O)N[C@@H]2CCCNC2)sc1C. The number of aryl methyl sites for hydroxylation is 2. The van der Waals surface area contributed by atoms with Crippen molar-refractivity contribution in [2.24, 2.45) is 0 Å². The molecule has 1 aromatic rings. The van der Waals surface area contributed by atoms with Gasteiger partial charge >= 0.3 is 6.03 Å². The topological polar surface area (TPSA) is 66.0 Å². The van der Waals surface area contributed by atoms with Gasteiger partial charge in [-0.05, 0) is 33.2 Å². The molecule has 0 saturated carbocycles. The van der Waals surface area contributed by atoms with Gasteiger partial charge in [0, 0.05) is 17.5 Å². The molecular weight excluding hydrogens is 236 g/mol. The van der Waals surface area contributed by atoms with E-state index in [1.807, 2.05) is 13.8 Å². The van der Waals surface area contributed by atoms with Gasteiger partial charge in [-0.3, -0.25) is 5.32 Å². The molecule has 94 valence electrons. The average molecular weight is 254 g/mol. The summed E-state index contributed by atoms with van der Waals surface area (Å²) in [5, 5.41) is 9.66. The van der Waals surface area contributed by atoms with E-state index in [9.17, 15) is 4.79 Å². The number of hydrogen-bond donors (Lipinski definition) is 3. The smallest absolute Gasteiger partial charge is 0.321 e. The fourth-order valence-electron chi connectivity index (χ4n) is 1.82. The predicted octanol–water partition coefficient (Wildman–Crippen LogP) is 1.63. The molecule has 1 aliphatic heterocycles. The van der Waals surface area contributed by atoms with E-state index >= 15 is 0 Å². The highest BCUT2D eigenvalue weighted by Crippen LogP contribution is 2.20. The molecule has 2 rings (SSSR count). The van der Waals surface area contributed by atoms with Crippen molar-refractivity contribution in [1.82, 2.24) is 15.6 Å². The minimum atomic E-state index is -0.160. The second kappa shape index (κ2) is 5.46. The quantitative estimate of drug-likeness (QED) is 0.751. The van der Waals surface area contributed by atoms with E-state index in [2.05, 4.69) is 20.9 Å². The van der Waals surface area contributed by atoms with Gasteiger partial charge in [0.2, 0.25) is 0 Å². The fraction of sp³-hybridized carbons (Fsp3) is 0.636. The van der Waals surface area contributed by atoms with Gasteiger partial charge < -0.3 is 10.6 Å². The first-order valence-corrected chi connectivity index (χ1v) is 6.69. The monoisotopic (exact) mass is 254 g/mol. The molecule has 1 atom stereocenters. The van der Waals surface area contributed by atoms with Crippen LogP contribution in [0.25, 0.3) is 0 Å². The summed E-state index contributed by atoms with van der Waals surface area (Å²) >= 11 is 1.51. The molecule has 1 aliphatic rings.